The number of carbonyl (C=O) groups excluding carboxylic acids is 2. The van der Waals surface area contributed by atoms with E-state index in [2.05, 4.69) is 15.5 Å². The van der Waals surface area contributed by atoms with E-state index in [1.54, 1.807) is 0 Å². The van der Waals surface area contributed by atoms with Gasteiger partial charge in [-0.25, -0.2) is 0 Å². The molecule has 0 bridgehead atoms. The van der Waals surface area contributed by atoms with Crippen LogP contribution < -0.4 is 10.6 Å². The topological polar surface area (TPSA) is 61.4 Å². The van der Waals surface area contributed by atoms with E-state index in [4.69, 9.17) is 0 Å². The molecule has 1 aliphatic rings. The summed E-state index contributed by atoms with van der Waals surface area (Å²) in [5, 5.41) is 5.70. The Labute approximate surface area is 109 Å². The zero-order valence-electron chi connectivity index (χ0n) is 11.9. The summed E-state index contributed by atoms with van der Waals surface area (Å²) >= 11 is 0. The van der Waals surface area contributed by atoms with E-state index in [0.29, 0.717) is 19.4 Å². The predicted octanol–water partition coefficient (Wildman–Crippen LogP) is 0.359. The number of amides is 2. The van der Waals surface area contributed by atoms with Crippen LogP contribution in [0.2, 0.25) is 0 Å². The predicted molar refractivity (Wildman–Crippen MR) is 71.1 cm³/mol. The van der Waals surface area contributed by atoms with Gasteiger partial charge in [-0.2, -0.15) is 0 Å². The molecule has 2 amide bonds. The quantitative estimate of drug-likeness (QED) is 0.510. The molecule has 0 spiro atoms. The Hall–Kier alpha value is -1.10. The highest BCUT2D eigenvalue weighted by Gasteiger charge is 2.56. The summed E-state index contributed by atoms with van der Waals surface area (Å²) in [7, 11) is 4.00. The second-order valence-corrected chi connectivity index (χ2v) is 5.62. The van der Waals surface area contributed by atoms with Crippen molar-refractivity contribution in [1.29, 1.82) is 0 Å². The van der Waals surface area contributed by atoms with E-state index >= 15 is 0 Å². The molecule has 104 valence electrons. The van der Waals surface area contributed by atoms with Crippen molar-refractivity contribution in [3.05, 3.63) is 0 Å². The summed E-state index contributed by atoms with van der Waals surface area (Å²) in [4.78, 5) is 26.0. The van der Waals surface area contributed by atoms with E-state index in [0.717, 1.165) is 13.0 Å². The Balaban J connectivity index is 2.34. The molecular weight excluding hydrogens is 230 g/mol. The van der Waals surface area contributed by atoms with Gasteiger partial charge in [-0.3, -0.25) is 9.59 Å². The van der Waals surface area contributed by atoms with Crippen LogP contribution in [0.15, 0.2) is 0 Å². The van der Waals surface area contributed by atoms with E-state index < -0.39 is 5.41 Å². The van der Waals surface area contributed by atoms with Crippen LogP contribution in [-0.2, 0) is 9.59 Å². The third-order valence-corrected chi connectivity index (χ3v) is 3.11. The summed E-state index contributed by atoms with van der Waals surface area (Å²) in [6, 6.07) is 0.0801. The molecular formula is C13H25N3O2. The van der Waals surface area contributed by atoms with Gasteiger partial charge in [0, 0.05) is 12.6 Å². The van der Waals surface area contributed by atoms with Crippen molar-refractivity contribution >= 4 is 11.8 Å². The van der Waals surface area contributed by atoms with Crippen molar-refractivity contribution in [1.82, 2.24) is 15.5 Å². The zero-order chi connectivity index (χ0) is 13.8. The van der Waals surface area contributed by atoms with Crippen molar-refractivity contribution in [2.24, 2.45) is 5.41 Å². The lowest BCUT2D eigenvalue weighted by Crippen LogP contribution is -2.45. The first kappa shape index (κ1) is 15.0. The molecule has 0 unspecified atom stereocenters. The van der Waals surface area contributed by atoms with Crippen LogP contribution in [0.5, 0.6) is 0 Å². The van der Waals surface area contributed by atoms with Crippen LogP contribution in [0.1, 0.15) is 33.1 Å². The molecule has 0 aromatic rings. The van der Waals surface area contributed by atoms with Gasteiger partial charge in [0.05, 0.1) is 0 Å². The van der Waals surface area contributed by atoms with E-state index in [1.807, 2.05) is 27.9 Å². The number of rotatable bonds is 7. The van der Waals surface area contributed by atoms with Crippen LogP contribution in [0.25, 0.3) is 0 Å². The number of hydrogen-bond donors (Lipinski definition) is 2. The number of nitrogens with zero attached hydrogens (tertiary/aromatic N) is 1. The first-order chi connectivity index (χ1) is 8.38. The Kier molecular flexibility index (Phi) is 5.14. The van der Waals surface area contributed by atoms with Crippen LogP contribution in [0.4, 0.5) is 0 Å². The molecule has 0 atom stereocenters. The molecule has 1 aliphatic carbocycles. The average molecular weight is 255 g/mol. The number of hydrogen-bond acceptors (Lipinski definition) is 3. The molecule has 18 heavy (non-hydrogen) atoms. The SMILES string of the molecule is CC(C)NC(=O)C1(C(=O)NCCCN(C)C)CC1. The molecule has 1 saturated carbocycles. The van der Waals surface area contributed by atoms with E-state index in [1.165, 1.54) is 0 Å². The molecule has 0 aromatic carbocycles. The third-order valence-electron chi connectivity index (χ3n) is 3.11. The fraction of sp³-hybridized carbons (Fsp3) is 0.846. The van der Waals surface area contributed by atoms with Crippen molar-refractivity contribution in [2.75, 3.05) is 27.2 Å². The first-order valence-corrected chi connectivity index (χ1v) is 6.62. The van der Waals surface area contributed by atoms with Gasteiger partial charge in [-0.1, -0.05) is 0 Å². The zero-order valence-corrected chi connectivity index (χ0v) is 11.9. The highest BCUT2D eigenvalue weighted by atomic mass is 16.2. The van der Waals surface area contributed by atoms with Crippen LogP contribution in [0.3, 0.4) is 0 Å². The van der Waals surface area contributed by atoms with Crippen molar-refractivity contribution in [3.63, 3.8) is 0 Å². The van der Waals surface area contributed by atoms with Crippen LogP contribution in [0, 0.1) is 5.41 Å². The summed E-state index contributed by atoms with van der Waals surface area (Å²) in [5.74, 6) is -0.234. The van der Waals surface area contributed by atoms with Gasteiger partial charge >= 0.3 is 0 Å². The normalized spacial score (nSPS) is 16.8. The lowest BCUT2D eigenvalue weighted by Gasteiger charge is -2.17. The highest BCUT2D eigenvalue weighted by Crippen LogP contribution is 2.46. The van der Waals surface area contributed by atoms with Gasteiger partial charge in [-0.05, 0) is 53.8 Å². The monoisotopic (exact) mass is 255 g/mol. The lowest BCUT2D eigenvalue weighted by atomic mass is 10.0. The molecule has 0 aromatic heterocycles. The van der Waals surface area contributed by atoms with Gasteiger partial charge < -0.3 is 15.5 Å². The Morgan fingerprint density at radius 2 is 1.83 bits per heavy atom. The number of carbonyl (C=O) groups is 2. The molecule has 0 radical (unpaired) electrons. The van der Waals surface area contributed by atoms with Gasteiger partial charge in [0.1, 0.15) is 5.41 Å². The first-order valence-electron chi connectivity index (χ1n) is 6.62. The summed E-state index contributed by atoms with van der Waals surface area (Å²) in [6.07, 6.45) is 2.25. The molecule has 0 aliphatic heterocycles. The molecule has 0 heterocycles. The molecule has 2 N–H and O–H groups in total. The second-order valence-electron chi connectivity index (χ2n) is 5.62. The van der Waals surface area contributed by atoms with Crippen molar-refractivity contribution in [3.8, 4) is 0 Å². The van der Waals surface area contributed by atoms with Crippen LogP contribution in [-0.4, -0.2) is 49.9 Å². The maximum Gasteiger partial charge on any atom is 0.235 e. The minimum absolute atomic E-state index is 0.0801. The van der Waals surface area contributed by atoms with Gasteiger partial charge in [0.2, 0.25) is 11.8 Å². The average Bonchev–Trinajstić information content (AvgIpc) is 3.03. The van der Waals surface area contributed by atoms with Gasteiger partial charge in [-0.15, -0.1) is 0 Å². The Bertz CT molecular complexity index is 309. The molecule has 1 rings (SSSR count). The summed E-state index contributed by atoms with van der Waals surface area (Å²) in [6.45, 7) is 5.38. The standard InChI is InChI=1S/C13H25N3O2/c1-10(2)15-12(18)13(6-7-13)11(17)14-8-5-9-16(3)4/h10H,5-9H2,1-4H3,(H,14,17)(H,15,18). The molecule has 0 saturated heterocycles. The highest BCUT2D eigenvalue weighted by molar-refractivity contribution is 6.07. The van der Waals surface area contributed by atoms with E-state index in [9.17, 15) is 9.59 Å². The van der Waals surface area contributed by atoms with E-state index in [-0.39, 0.29) is 17.9 Å². The molecule has 5 heteroatoms. The smallest absolute Gasteiger partial charge is 0.235 e. The fourth-order valence-electron chi connectivity index (χ4n) is 1.85. The Morgan fingerprint density at radius 1 is 1.22 bits per heavy atom. The summed E-state index contributed by atoms with van der Waals surface area (Å²) < 4.78 is 0. The van der Waals surface area contributed by atoms with Crippen molar-refractivity contribution < 1.29 is 9.59 Å². The maximum atomic E-state index is 12.0. The minimum atomic E-state index is -0.775. The lowest BCUT2D eigenvalue weighted by molar-refractivity contribution is -0.137. The molecule has 5 nitrogen and oxygen atoms in total. The Morgan fingerprint density at radius 3 is 2.28 bits per heavy atom. The minimum Gasteiger partial charge on any atom is -0.355 e. The van der Waals surface area contributed by atoms with Gasteiger partial charge in [0.15, 0.2) is 0 Å². The summed E-state index contributed by atoms with van der Waals surface area (Å²) in [5.41, 5.74) is -0.775. The second kappa shape index (κ2) is 6.18. The maximum absolute atomic E-state index is 12.0. The number of nitrogens with one attached hydrogen (secondary N) is 2. The molecule has 1 fully saturated rings. The fourth-order valence-corrected chi connectivity index (χ4v) is 1.85. The van der Waals surface area contributed by atoms with Crippen LogP contribution >= 0.6 is 0 Å². The third kappa shape index (κ3) is 3.98. The van der Waals surface area contributed by atoms with Crippen molar-refractivity contribution in [2.45, 2.75) is 39.2 Å². The largest absolute Gasteiger partial charge is 0.355 e. The van der Waals surface area contributed by atoms with Gasteiger partial charge in [0.25, 0.3) is 0 Å².